The quantitative estimate of drug-likeness (QED) is 0.435. The lowest BCUT2D eigenvalue weighted by Gasteiger charge is -2.29. The van der Waals surface area contributed by atoms with Gasteiger partial charge in [-0.2, -0.15) is 11.8 Å². The summed E-state index contributed by atoms with van der Waals surface area (Å²) in [7, 11) is 2.02. The van der Waals surface area contributed by atoms with Crippen molar-refractivity contribution < 1.29 is 4.92 Å². The predicted molar refractivity (Wildman–Crippen MR) is 83.5 cm³/mol. The molecule has 6 heteroatoms. The second kappa shape index (κ2) is 7.60. The topological polar surface area (TPSA) is 46.4 Å². The van der Waals surface area contributed by atoms with Crippen LogP contribution in [-0.2, 0) is 5.88 Å². The summed E-state index contributed by atoms with van der Waals surface area (Å²) in [5.74, 6) is 1.18. The van der Waals surface area contributed by atoms with E-state index in [1.807, 2.05) is 13.1 Å². The number of rotatable bonds is 7. The number of benzene rings is 1. The maximum Gasteiger partial charge on any atom is 0.273 e. The summed E-state index contributed by atoms with van der Waals surface area (Å²) in [6.45, 7) is 2.14. The molecule has 0 heterocycles. The number of alkyl halides is 1. The number of nitro benzene ring substituents is 1. The average Bonchev–Trinajstić information content (AvgIpc) is 2.43. The molecule has 0 saturated carbocycles. The highest BCUT2D eigenvalue weighted by Crippen LogP contribution is 2.27. The van der Waals surface area contributed by atoms with Crippen LogP contribution in [0.3, 0.4) is 0 Å². The largest absolute Gasteiger partial charge is 0.371 e. The number of thioether (sulfide) groups is 1. The standard InChI is InChI=1S/C13H19ClN2O2S/c1-4-11(9-19-3)15(2)12-5-6-13(16(17)18)10(7-12)8-14/h5-7,11H,4,8-9H2,1-3H3. The first-order chi connectivity index (χ1) is 9.04. The molecule has 0 bridgehead atoms. The summed E-state index contributed by atoms with van der Waals surface area (Å²) in [5, 5.41) is 10.9. The van der Waals surface area contributed by atoms with E-state index in [-0.39, 0.29) is 16.5 Å². The molecule has 4 nitrogen and oxygen atoms in total. The molecule has 19 heavy (non-hydrogen) atoms. The van der Waals surface area contributed by atoms with Crippen molar-refractivity contribution in [3.05, 3.63) is 33.9 Å². The second-order valence-electron chi connectivity index (χ2n) is 4.33. The second-order valence-corrected chi connectivity index (χ2v) is 5.51. The minimum Gasteiger partial charge on any atom is -0.371 e. The molecule has 1 unspecified atom stereocenters. The van der Waals surface area contributed by atoms with E-state index in [1.165, 1.54) is 6.07 Å². The highest BCUT2D eigenvalue weighted by Gasteiger charge is 2.17. The number of anilines is 1. The number of halogens is 1. The molecule has 0 saturated heterocycles. The predicted octanol–water partition coefficient (Wildman–Crippen LogP) is 3.91. The number of nitro groups is 1. The number of hydrogen-bond donors (Lipinski definition) is 0. The van der Waals surface area contributed by atoms with Gasteiger partial charge in [0.1, 0.15) is 0 Å². The van der Waals surface area contributed by atoms with E-state index >= 15 is 0 Å². The van der Waals surface area contributed by atoms with Crippen molar-refractivity contribution in [2.24, 2.45) is 0 Å². The van der Waals surface area contributed by atoms with Gasteiger partial charge in [0.05, 0.1) is 10.8 Å². The first kappa shape index (κ1) is 16.1. The van der Waals surface area contributed by atoms with Gasteiger partial charge in [-0.1, -0.05) is 6.92 Å². The summed E-state index contributed by atoms with van der Waals surface area (Å²) in [5.41, 5.74) is 1.63. The van der Waals surface area contributed by atoms with Crippen LogP contribution in [0.25, 0.3) is 0 Å². The van der Waals surface area contributed by atoms with E-state index in [0.717, 1.165) is 17.9 Å². The van der Waals surface area contributed by atoms with Crippen LogP contribution >= 0.6 is 23.4 Å². The van der Waals surface area contributed by atoms with Crippen molar-refractivity contribution in [3.63, 3.8) is 0 Å². The van der Waals surface area contributed by atoms with Gasteiger partial charge in [0.25, 0.3) is 5.69 Å². The fourth-order valence-corrected chi connectivity index (χ4v) is 3.04. The first-order valence-corrected chi connectivity index (χ1v) is 8.03. The zero-order valence-electron chi connectivity index (χ0n) is 11.4. The minimum absolute atomic E-state index is 0.0880. The summed E-state index contributed by atoms with van der Waals surface area (Å²) in [6.07, 6.45) is 3.11. The summed E-state index contributed by atoms with van der Waals surface area (Å²) in [4.78, 5) is 12.7. The lowest BCUT2D eigenvalue weighted by atomic mass is 10.1. The van der Waals surface area contributed by atoms with E-state index in [4.69, 9.17) is 11.6 Å². The SMILES string of the molecule is CCC(CSC)N(C)c1ccc([N+](=O)[O-])c(CCl)c1. The van der Waals surface area contributed by atoms with Crippen LogP contribution < -0.4 is 4.90 Å². The zero-order valence-corrected chi connectivity index (χ0v) is 13.0. The molecular weight excluding hydrogens is 284 g/mol. The van der Waals surface area contributed by atoms with Crippen molar-refractivity contribution in [2.75, 3.05) is 24.0 Å². The van der Waals surface area contributed by atoms with Crippen LogP contribution in [0.2, 0.25) is 0 Å². The van der Waals surface area contributed by atoms with Gasteiger partial charge in [-0.25, -0.2) is 0 Å². The fraction of sp³-hybridized carbons (Fsp3) is 0.538. The van der Waals surface area contributed by atoms with Crippen LogP contribution in [0.15, 0.2) is 18.2 Å². The molecule has 1 aromatic rings. The van der Waals surface area contributed by atoms with Crippen LogP contribution in [-0.4, -0.2) is 30.0 Å². The monoisotopic (exact) mass is 302 g/mol. The number of hydrogen-bond acceptors (Lipinski definition) is 4. The Balaban J connectivity index is 3.04. The normalized spacial score (nSPS) is 12.2. The van der Waals surface area contributed by atoms with Gasteiger partial charge < -0.3 is 4.90 Å². The molecule has 0 N–H and O–H groups in total. The Bertz CT molecular complexity index is 443. The van der Waals surface area contributed by atoms with Gasteiger partial charge in [0, 0.05) is 36.2 Å². The Morgan fingerprint density at radius 2 is 2.21 bits per heavy atom. The Morgan fingerprint density at radius 1 is 1.53 bits per heavy atom. The van der Waals surface area contributed by atoms with Crippen LogP contribution in [0.5, 0.6) is 0 Å². The van der Waals surface area contributed by atoms with E-state index in [0.29, 0.717) is 11.6 Å². The third-order valence-corrected chi connectivity index (χ3v) is 4.20. The zero-order chi connectivity index (χ0) is 14.4. The van der Waals surface area contributed by atoms with Crippen molar-refractivity contribution in [2.45, 2.75) is 25.3 Å². The Hall–Kier alpha value is -0.940. The average molecular weight is 303 g/mol. The third kappa shape index (κ3) is 4.01. The van der Waals surface area contributed by atoms with Gasteiger partial charge in [-0.3, -0.25) is 10.1 Å². The lowest BCUT2D eigenvalue weighted by Crippen LogP contribution is -2.33. The first-order valence-electron chi connectivity index (χ1n) is 6.10. The fourth-order valence-electron chi connectivity index (χ4n) is 1.98. The third-order valence-electron chi connectivity index (χ3n) is 3.19. The van der Waals surface area contributed by atoms with E-state index < -0.39 is 0 Å². The summed E-state index contributed by atoms with van der Waals surface area (Å²) >= 11 is 7.60. The van der Waals surface area contributed by atoms with Gasteiger partial charge in [0.2, 0.25) is 0 Å². The summed E-state index contributed by atoms with van der Waals surface area (Å²) < 4.78 is 0. The van der Waals surface area contributed by atoms with Gasteiger partial charge in [0.15, 0.2) is 0 Å². The molecule has 0 radical (unpaired) electrons. The Labute approximate surface area is 123 Å². The molecule has 0 aliphatic rings. The molecular formula is C13H19ClN2O2S. The van der Waals surface area contributed by atoms with Gasteiger partial charge >= 0.3 is 0 Å². The Morgan fingerprint density at radius 3 is 2.68 bits per heavy atom. The van der Waals surface area contributed by atoms with Crippen molar-refractivity contribution in [3.8, 4) is 0 Å². The lowest BCUT2D eigenvalue weighted by molar-refractivity contribution is -0.385. The minimum atomic E-state index is -0.388. The molecule has 0 aliphatic carbocycles. The van der Waals surface area contributed by atoms with E-state index in [2.05, 4.69) is 18.1 Å². The van der Waals surface area contributed by atoms with Gasteiger partial charge in [-0.15, -0.1) is 11.6 Å². The molecule has 0 spiro atoms. The highest BCUT2D eigenvalue weighted by atomic mass is 35.5. The molecule has 1 atom stereocenters. The maximum atomic E-state index is 10.9. The smallest absolute Gasteiger partial charge is 0.273 e. The molecule has 0 amide bonds. The Kier molecular flexibility index (Phi) is 6.45. The van der Waals surface area contributed by atoms with E-state index in [9.17, 15) is 10.1 Å². The van der Waals surface area contributed by atoms with Gasteiger partial charge in [-0.05, 0) is 24.8 Å². The number of nitrogens with zero attached hydrogens (tertiary/aromatic N) is 2. The molecule has 0 aromatic heterocycles. The van der Waals surface area contributed by atoms with Crippen molar-refractivity contribution in [1.29, 1.82) is 0 Å². The van der Waals surface area contributed by atoms with E-state index in [1.54, 1.807) is 17.8 Å². The van der Waals surface area contributed by atoms with Crippen LogP contribution in [0.4, 0.5) is 11.4 Å². The summed E-state index contributed by atoms with van der Waals surface area (Å²) in [6, 6.07) is 5.56. The molecule has 0 aliphatic heterocycles. The van der Waals surface area contributed by atoms with Crippen molar-refractivity contribution >= 4 is 34.7 Å². The molecule has 0 fully saturated rings. The highest BCUT2D eigenvalue weighted by molar-refractivity contribution is 7.98. The molecule has 106 valence electrons. The molecule has 1 rings (SSSR count). The van der Waals surface area contributed by atoms with Crippen molar-refractivity contribution in [1.82, 2.24) is 0 Å². The maximum absolute atomic E-state index is 10.9. The molecule has 1 aromatic carbocycles. The van der Waals surface area contributed by atoms with Crippen LogP contribution in [0, 0.1) is 10.1 Å². The van der Waals surface area contributed by atoms with Crippen LogP contribution in [0.1, 0.15) is 18.9 Å².